The third kappa shape index (κ3) is 6.10. The molecule has 1 aliphatic carbocycles. The van der Waals surface area contributed by atoms with Gasteiger partial charge in [0.25, 0.3) is 5.56 Å². The van der Waals surface area contributed by atoms with Crippen molar-refractivity contribution in [1.29, 1.82) is 0 Å². The summed E-state index contributed by atoms with van der Waals surface area (Å²) < 4.78 is 5.59. The van der Waals surface area contributed by atoms with Crippen molar-refractivity contribution in [3.63, 3.8) is 0 Å². The summed E-state index contributed by atoms with van der Waals surface area (Å²) in [7, 11) is 0. The summed E-state index contributed by atoms with van der Waals surface area (Å²) in [5.41, 5.74) is 1.20. The molecule has 2 heterocycles. The maximum atomic E-state index is 12.8. The Morgan fingerprint density at radius 2 is 1.90 bits per heavy atom. The summed E-state index contributed by atoms with van der Waals surface area (Å²) in [6.45, 7) is 11.3. The quantitative estimate of drug-likeness (QED) is 0.615. The normalized spacial score (nSPS) is 15.6. The zero-order valence-electron chi connectivity index (χ0n) is 18.2. The molecule has 0 amide bonds. The molecule has 0 radical (unpaired) electrons. The second-order valence-electron chi connectivity index (χ2n) is 9.08. The molecule has 0 aromatic carbocycles. The van der Waals surface area contributed by atoms with Gasteiger partial charge in [0.1, 0.15) is 10.7 Å². The van der Waals surface area contributed by atoms with E-state index in [1.165, 1.54) is 16.9 Å². The van der Waals surface area contributed by atoms with Gasteiger partial charge in [0.15, 0.2) is 0 Å². The Kier molecular flexibility index (Phi) is 7.85. The summed E-state index contributed by atoms with van der Waals surface area (Å²) in [4.78, 5) is 24.9. The molecule has 0 saturated heterocycles. The van der Waals surface area contributed by atoms with E-state index < -0.39 is 6.10 Å². The van der Waals surface area contributed by atoms with E-state index in [0.717, 1.165) is 36.0 Å². The molecule has 0 spiro atoms. The van der Waals surface area contributed by atoms with Gasteiger partial charge in [-0.25, -0.2) is 4.98 Å². The van der Waals surface area contributed by atoms with Crippen LogP contribution in [0.15, 0.2) is 4.79 Å². The van der Waals surface area contributed by atoms with Crippen molar-refractivity contribution in [2.24, 2.45) is 11.8 Å². The number of nitrogens with one attached hydrogen (secondary N) is 1. The van der Waals surface area contributed by atoms with E-state index in [2.05, 4.69) is 37.6 Å². The molecular formula is C22H35N3O3S. The first-order valence-corrected chi connectivity index (χ1v) is 11.7. The highest BCUT2D eigenvalue weighted by molar-refractivity contribution is 7.18. The van der Waals surface area contributed by atoms with Crippen LogP contribution in [0.1, 0.15) is 56.8 Å². The van der Waals surface area contributed by atoms with Crippen LogP contribution in [0.3, 0.4) is 0 Å². The molecule has 0 unspecified atom stereocenters. The largest absolute Gasteiger partial charge is 0.389 e. The van der Waals surface area contributed by atoms with Gasteiger partial charge in [-0.15, -0.1) is 11.3 Å². The van der Waals surface area contributed by atoms with E-state index in [1.807, 2.05) is 0 Å². The van der Waals surface area contributed by atoms with Gasteiger partial charge < -0.3 is 14.8 Å². The molecule has 3 rings (SSSR count). The van der Waals surface area contributed by atoms with Gasteiger partial charge in [-0.3, -0.25) is 9.69 Å². The van der Waals surface area contributed by atoms with Crippen molar-refractivity contribution in [2.75, 3.05) is 26.3 Å². The van der Waals surface area contributed by atoms with Crippen LogP contribution in [0, 0.1) is 11.8 Å². The van der Waals surface area contributed by atoms with E-state index in [9.17, 15) is 9.90 Å². The standard InChI is InChI=1S/C22H35N3O3S/c1-14(2)9-25(10-16(26)13-28-12-15(3)4)11-19-23-21(27)20-17-7-5-6-8-18(17)29-22(20)24-19/h14-16,26H,5-13H2,1-4H3,(H,23,24,27)/t16-/m0/s1. The fourth-order valence-corrected chi connectivity index (χ4v) is 5.29. The maximum absolute atomic E-state index is 12.8. The number of nitrogens with zero attached hydrogens (tertiary/aromatic N) is 2. The third-order valence-electron chi connectivity index (χ3n) is 5.10. The van der Waals surface area contributed by atoms with Crippen molar-refractivity contribution in [1.82, 2.24) is 14.9 Å². The van der Waals surface area contributed by atoms with Crippen LogP contribution in [-0.4, -0.2) is 52.4 Å². The molecule has 6 nitrogen and oxygen atoms in total. The van der Waals surface area contributed by atoms with Crippen molar-refractivity contribution in [3.8, 4) is 0 Å². The first-order chi connectivity index (χ1) is 13.8. The molecule has 1 aliphatic rings. The maximum Gasteiger partial charge on any atom is 0.259 e. The molecule has 2 aromatic heterocycles. The molecule has 0 fully saturated rings. The SMILES string of the molecule is CC(C)COC[C@@H](O)CN(Cc1nc2sc3c(c2c(=O)[nH]1)CCCC3)CC(C)C. The molecule has 0 aliphatic heterocycles. The summed E-state index contributed by atoms with van der Waals surface area (Å²) in [6, 6.07) is 0. The van der Waals surface area contributed by atoms with Crippen molar-refractivity contribution in [3.05, 3.63) is 26.6 Å². The molecule has 7 heteroatoms. The van der Waals surface area contributed by atoms with Gasteiger partial charge in [0.05, 0.1) is 24.6 Å². The Morgan fingerprint density at radius 1 is 1.14 bits per heavy atom. The lowest BCUT2D eigenvalue weighted by molar-refractivity contribution is 0.00485. The highest BCUT2D eigenvalue weighted by atomic mass is 32.1. The Balaban J connectivity index is 1.73. The molecule has 29 heavy (non-hydrogen) atoms. The van der Waals surface area contributed by atoms with Crippen molar-refractivity contribution < 1.29 is 9.84 Å². The second kappa shape index (κ2) is 10.2. The molecule has 162 valence electrons. The van der Waals surface area contributed by atoms with Crippen LogP contribution in [0.2, 0.25) is 0 Å². The predicted molar refractivity (Wildman–Crippen MR) is 119 cm³/mol. The Hall–Kier alpha value is -1.28. The molecule has 1 atom stereocenters. The van der Waals surface area contributed by atoms with Crippen LogP contribution < -0.4 is 5.56 Å². The zero-order valence-corrected chi connectivity index (χ0v) is 19.0. The number of ether oxygens (including phenoxy) is 1. The molecule has 2 N–H and O–H groups in total. The number of fused-ring (bicyclic) bond motifs is 3. The Labute approximate surface area is 177 Å². The summed E-state index contributed by atoms with van der Waals surface area (Å²) in [5, 5.41) is 11.2. The fraction of sp³-hybridized carbons (Fsp3) is 0.727. The van der Waals surface area contributed by atoms with Gasteiger partial charge in [0.2, 0.25) is 0 Å². The first kappa shape index (κ1) is 22.4. The van der Waals surface area contributed by atoms with Gasteiger partial charge >= 0.3 is 0 Å². The summed E-state index contributed by atoms with van der Waals surface area (Å²) >= 11 is 1.68. The summed E-state index contributed by atoms with van der Waals surface area (Å²) in [5.74, 6) is 1.58. The van der Waals surface area contributed by atoms with E-state index in [0.29, 0.717) is 44.0 Å². The molecule has 0 saturated carbocycles. The number of aromatic nitrogens is 2. The number of aryl methyl sites for hydroxylation is 2. The highest BCUT2D eigenvalue weighted by Crippen LogP contribution is 2.33. The van der Waals surface area contributed by atoms with Crippen LogP contribution >= 0.6 is 11.3 Å². The van der Waals surface area contributed by atoms with Crippen LogP contribution in [0.25, 0.3) is 10.2 Å². The number of thiophene rings is 1. The minimum absolute atomic E-state index is 0.0188. The van der Waals surface area contributed by atoms with Crippen LogP contribution in [0.5, 0.6) is 0 Å². The van der Waals surface area contributed by atoms with Gasteiger partial charge in [-0.2, -0.15) is 0 Å². The fourth-order valence-electron chi connectivity index (χ4n) is 4.01. The zero-order chi connectivity index (χ0) is 21.0. The average molecular weight is 422 g/mol. The number of rotatable bonds is 10. The van der Waals surface area contributed by atoms with Crippen molar-refractivity contribution >= 4 is 21.6 Å². The monoisotopic (exact) mass is 421 g/mol. The highest BCUT2D eigenvalue weighted by Gasteiger charge is 2.21. The minimum Gasteiger partial charge on any atom is -0.389 e. The molecule has 2 aromatic rings. The molecule has 0 bridgehead atoms. The predicted octanol–water partition coefficient (Wildman–Crippen LogP) is 3.35. The van der Waals surface area contributed by atoms with Crippen molar-refractivity contribution in [2.45, 2.75) is 66.0 Å². The number of H-pyrrole nitrogens is 1. The van der Waals surface area contributed by atoms with Crippen LogP contribution in [-0.2, 0) is 24.1 Å². The number of hydrogen-bond acceptors (Lipinski definition) is 6. The average Bonchev–Trinajstić information content (AvgIpc) is 2.99. The second-order valence-corrected chi connectivity index (χ2v) is 10.2. The lowest BCUT2D eigenvalue weighted by atomic mass is 9.97. The number of aliphatic hydroxyl groups is 1. The van der Waals surface area contributed by atoms with E-state index >= 15 is 0 Å². The number of aromatic amines is 1. The Morgan fingerprint density at radius 3 is 2.62 bits per heavy atom. The number of hydrogen-bond donors (Lipinski definition) is 2. The Bertz CT molecular complexity index is 859. The smallest absolute Gasteiger partial charge is 0.259 e. The van der Waals surface area contributed by atoms with Gasteiger partial charge in [-0.05, 0) is 43.1 Å². The lowest BCUT2D eigenvalue weighted by Crippen LogP contribution is -2.37. The topological polar surface area (TPSA) is 78.5 Å². The van der Waals surface area contributed by atoms with Crippen LogP contribution in [0.4, 0.5) is 0 Å². The third-order valence-corrected chi connectivity index (χ3v) is 6.29. The van der Waals surface area contributed by atoms with E-state index in [-0.39, 0.29) is 5.56 Å². The van der Waals surface area contributed by atoms with Gasteiger partial charge in [0, 0.05) is 24.6 Å². The lowest BCUT2D eigenvalue weighted by Gasteiger charge is -2.26. The van der Waals surface area contributed by atoms with E-state index in [1.54, 1.807) is 11.3 Å². The summed E-state index contributed by atoms with van der Waals surface area (Å²) in [6.07, 6.45) is 3.84. The number of aliphatic hydroxyl groups excluding tert-OH is 1. The molecular weight excluding hydrogens is 386 g/mol. The van der Waals surface area contributed by atoms with Gasteiger partial charge in [-0.1, -0.05) is 27.7 Å². The minimum atomic E-state index is -0.558. The van der Waals surface area contributed by atoms with E-state index in [4.69, 9.17) is 9.72 Å². The first-order valence-electron chi connectivity index (χ1n) is 10.8.